The van der Waals surface area contributed by atoms with E-state index in [0.29, 0.717) is 12.5 Å². The van der Waals surface area contributed by atoms with Gasteiger partial charge in [0.05, 0.1) is 13.5 Å². The lowest BCUT2D eigenvalue weighted by atomic mass is 9.89. The predicted octanol–water partition coefficient (Wildman–Crippen LogP) is 1.36. The number of likely N-dealkylation sites (tertiary alicyclic amines) is 1. The number of piperidine rings is 1. The highest BCUT2D eigenvalue weighted by molar-refractivity contribution is 5.66. The van der Waals surface area contributed by atoms with Gasteiger partial charge in [0.25, 0.3) is 0 Å². The van der Waals surface area contributed by atoms with Crippen LogP contribution >= 0.6 is 0 Å². The average molecular weight is 292 g/mol. The zero-order valence-electron chi connectivity index (χ0n) is 12.5. The highest BCUT2D eigenvalue weighted by atomic mass is 16.5. The summed E-state index contributed by atoms with van der Waals surface area (Å²) < 4.78 is 5.16. The summed E-state index contributed by atoms with van der Waals surface area (Å²) in [6, 6.07) is 8.25. The number of aliphatic carboxylic acids is 1. The molecule has 3 N–H and O–H groups in total. The fourth-order valence-electron chi connectivity index (χ4n) is 3.03. The van der Waals surface area contributed by atoms with Crippen molar-refractivity contribution >= 4 is 5.97 Å². The molecule has 0 bridgehead atoms. The molecule has 5 heteroatoms. The molecule has 0 aliphatic carbocycles. The fourth-order valence-corrected chi connectivity index (χ4v) is 3.03. The molecular formula is C16H24N2O3. The van der Waals surface area contributed by atoms with Gasteiger partial charge in [0.2, 0.25) is 0 Å². The molecule has 1 fully saturated rings. The van der Waals surface area contributed by atoms with E-state index >= 15 is 0 Å². The zero-order valence-corrected chi connectivity index (χ0v) is 12.5. The Labute approximate surface area is 125 Å². The van der Waals surface area contributed by atoms with E-state index in [1.807, 2.05) is 12.1 Å². The molecule has 1 aliphatic rings. The molecule has 0 radical (unpaired) electrons. The first-order valence-electron chi connectivity index (χ1n) is 7.39. The molecule has 2 atom stereocenters. The maximum atomic E-state index is 10.7. The number of nitrogens with zero attached hydrogens (tertiary/aromatic N) is 1. The Kier molecular flexibility index (Phi) is 5.59. The van der Waals surface area contributed by atoms with Gasteiger partial charge in [-0.25, -0.2) is 0 Å². The summed E-state index contributed by atoms with van der Waals surface area (Å²) in [5, 5.41) is 8.79. The molecule has 0 amide bonds. The van der Waals surface area contributed by atoms with Crippen LogP contribution in [0, 0.1) is 5.92 Å². The molecular weight excluding hydrogens is 268 g/mol. The second-order valence-electron chi connectivity index (χ2n) is 5.82. The SMILES string of the molecule is COc1ccc(CC2CC(N)CN(CCC(=O)O)C2)cc1. The summed E-state index contributed by atoms with van der Waals surface area (Å²) in [6.07, 6.45) is 2.15. The molecule has 1 aromatic carbocycles. The van der Waals surface area contributed by atoms with Crippen molar-refractivity contribution in [2.45, 2.75) is 25.3 Å². The molecule has 0 saturated carbocycles. The number of carboxylic acid groups (broad SMARTS) is 1. The number of rotatable bonds is 6. The maximum Gasteiger partial charge on any atom is 0.304 e. The highest BCUT2D eigenvalue weighted by Gasteiger charge is 2.25. The molecule has 0 spiro atoms. The van der Waals surface area contributed by atoms with E-state index in [2.05, 4.69) is 17.0 Å². The van der Waals surface area contributed by atoms with Crippen molar-refractivity contribution in [3.8, 4) is 5.75 Å². The molecule has 1 heterocycles. The first kappa shape index (κ1) is 15.8. The van der Waals surface area contributed by atoms with Gasteiger partial charge in [-0.3, -0.25) is 4.79 Å². The monoisotopic (exact) mass is 292 g/mol. The van der Waals surface area contributed by atoms with Crippen LogP contribution in [0.2, 0.25) is 0 Å². The minimum Gasteiger partial charge on any atom is -0.497 e. The molecule has 1 saturated heterocycles. The molecule has 1 aliphatic heterocycles. The van der Waals surface area contributed by atoms with Crippen LogP contribution in [0.1, 0.15) is 18.4 Å². The molecule has 5 nitrogen and oxygen atoms in total. The number of carbonyl (C=O) groups is 1. The second kappa shape index (κ2) is 7.43. The third-order valence-electron chi connectivity index (χ3n) is 3.97. The molecule has 21 heavy (non-hydrogen) atoms. The topological polar surface area (TPSA) is 75.8 Å². The van der Waals surface area contributed by atoms with Gasteiger partial charge in [-0.2, -0.15) is 0 Å². The second-order valence-corrected chi connectivity index (χ2v) is 5.82. The highest BCUT2D eigenvalue weighted by Crippen LogP contribution is 2.22. The number of carboxylic acids is 1. The molecule has 116 valence electrons. The standard InChI is InChI=1S/C16H24N2O3/c1-21-15-4-2-12(3-5-15)8-13-9-14(17)11-18(10-13)7-6-16(19)20/h2-5,13-14H,6-11,17H2,1H3,(H,19,20). The van der Waals surface area contributed by atoms with E-state index in [0.717, 1.165) is 31.7 Å². The average Bonchev–Trinajstić information content (AvgIpc) is 2.45. The van der Waals surface area contributed by atoms with Crippen molar-refractivity contribution in [3.63, 3.8) is 0 Å². The minimum absolute atomic E-state index is 0.135. The van der Waals surface area contributed by atoms with Crippen molar-refractivity contribution in [2.24, 2.45) is 11.7 Å². The van der Waals surface area contributed by atoms with Crippen LogP contribution in [-0.2, 0) is 11.2 Å². The number of methoxy groups -OCH3 is 1. The van der Waals surface area contributed by atoms with Gasteiger partial charge >= 0.3 is 5.97 Å². The van der Waals surface area contributed by atoms with Gasteiger partial charge in [0, 0.05) is 25.7 Å². The first-order chi connectivity index (χ1) is 10.1. The van der Waals surface area contributed by atoms with Crippen LogP contribution < -0.4 is 10.5 Å². The maximum absolute atomic E-state index is 10.7. The van der Waals surface area contributed by atoms with Crippen LogP contribution in [0.15, 0.2) is 24.3 Å². The Morgan fingerprint density at radius 1 is 1.38 bits per heavy atom. The fraction of sp³-hybridized carbons (Fsp3) is 0.562. The Balaban J connectivity index is 1.90. The van der Waals surface area contributed by atoms with E-state index in [9.17, 15) is 4.79 Å². The van der Waals surface area contributed by atoms with Crippen molar-refractivity contribution in [1.82, 2.24) is 4.90 Å². The van der Waals surface area contributed by atoms with Crippen LogP contribution in [0.25, 0.3) is 0 Å². The molecule has 2 rings (SSSR count). The quantitative estimate of drug-likeness (QED) is 0.828. The van der Waals surface area contributed by atoms with E-state index in [4.69, 9.17) is 15.6 Å². The summed E-state index contributed by atoms with van der Waals surface area (Å²) in [6.45, 7) is 2.31. The lowest BCUT2D eigenvalue weighted by Gasteiger charge is -2.36. The van der Waals surface area contributed by atoms with Gasteiger partial charge in [-0.05, 0) is 36.5 Å². The number of hydrogen-bond acceptors (Lipinski definition) is 4. The first-order valence-corrected chi connectivity index (χ1v) is 7.39. The van der Waals surface area contributed by atoms with Crippen LogP contribution in [0.5, 0.6) is 5.75 Å². The number of hydrogen-bond donors (Lipinski definition) is 2. The van der Waals surface area contributed by atoms with Crippen LogP contribution in [-0.4, -0.2) is 48.8 Å². The van der Waals surface area contributed by atoms with Crippen LogP contribution in [0.3, 0.4) is 0 Å². The normalized spacial score (nSPS) is 23.0. The summed E-state index contributed by atoms with van der Waals surface area (Å²) in [4.78, 5) is 12.9. The van der Waals surface area contributed by atoms with Crippen molar-refractivity contribution < 1.29 is 14.6 Å². The van der Waals surface area contributed by atoms with Crippen molar-refractivity contribution in [1.29, 1.82) is 0 Å². The molecule has 0 aromatic heterocycles. The largest absolute Gasteiger partial charge is 0.497 e. The lowest BCUT2D eigenvalue weighted by Crippen LogP contribution is -2.48. The van der Waals surface area contributed by atoms with Gasteiger partial charge in [0.15, 0.2) is 0 Å². The van der Waals surface area contributed by atoms with E-state index in [1.54, 1.807) is 7.11 Å². The van der Waals surface area contributed by atoms with Gasteiger partial charge < -0.3 is 20.5 Å². The Morgan fingerprint density at radius 3 is 2.71 bits per heavy atom. The molecule has 2 unspecified atom stereocenters. The van der Waals surface area contributed by atoms with E-state index in [-0.39, 0.29) is 12.5 Å². The lowest BCUT2D eigenvalue weighted by molar-refractivity contribution is -0.137. The number of benzene rings is 1. The summed E-state index contributed by atoms with van der Waals surface area (Å²) >= 11 is 0. The van der Waals surface area contributed by atoms with Gasteiger partial charge in [-0.1, -0.05) is 12.1 Å². The van der Waals surface area contributed by atoms with E-state index in [1.165, 1.54) is 5.56 Å². The van der Waals surface area contributed by atoms with Gasteiger partial charge in [0.1, 0.15) is 5.75 Å². The summed E-state index contributed by atoms with van der Waals surface area (Å²) in [5.74, 6) is 0.596. The summed E-state index contributed by atoms with van der Waals surface area (Å²) in [7, 11) is 1.66. The molecule has 1 aromatic rings. The minimum atomic E-state index is -0.749. The Hall–Kier alpha value is -1.59. The Bertz CT molecular complexity index is 461. The Morgan fingerprint density at radius 2 is 2.10 bits per heavy atom. The third kappa shape index (κ3) is 5.02. The van der Waals surface area contributed by atoms with E-state index < -0.39 is 5.97 Å². The van der Waals surface area contributed by atoms with Crippen LogP contribution in [0.4, 0.5) is 0 Å². The number of nitrogens with two attached hydrogens (primary N) is 1. The third-order valence-corrected chi connectivity index (χ3v) is 3.97. The summed E-state index contributed by atoms with van der Waals surface area (Å²) in [5.41, 5.74) is 7.38. The van der Waals surface area contributed by atoms with Crippen molar-refractivity contribution in [3.05, 3.63) is 29.8 Å². The van der Waals surface area contributed by atoms with Gasteiger partial charge in [-0.15, -0.1) is 0 Å². The smallest absolute Gasteiger partial charge is 0.304 e. The van der Waals surface area contributed by atoms with Crippen molar-refractivity contribution in [2.75, 3.05) is 26.7 Å². The predicted molar refractivity (Wildman–Crippen MR) is 81.5 cm³/mol. The zero-order chi connectivity index (χ0) is 15.2. The number of ether oxygens (including phenoxy) is 1.